The van der Waals surface area contributed by atoms with E-state index in [0.29, 0.717) is 6.07 Å². The van der Waals surface area contributed by atoms with Gasteiger partial charge in [0.2, 0.25) is 0 Å². The first-order chi connectivity index (χ1) is 6.98. The van der Waals surface area contributed by atoms with Crippen molar-refractivity contribution >= 4 is 12.4 Å². The Kier molecular flexibility index (Phi) is 2.24. The number of hydrogen-bond donors (Lipinski definition) is 0. The molecule has 0 amide bonds. The Morgan fingerprint density at radius 3 is 2.40 bits per heavy atom. The molecule has 1 aliphatic heterocycles. The molecule has 15 heavy (non-hydrogen) atoms. The summed E-state index contributed by atoms with van der Waals surface area (Å²) in [6.07, 6.45) is 0. The Bertz CT molecular complexity index is 391. The number of rotatable bonds is 1. The molecule has 0 fully saturated rings. The molecule has 0 radical (unpaired) electrons. The fourth-order valence-corrected chi connectivity index (χ4v) is 1.32. The van der Waals surface area contributed by atoms with Gasteiger partial charge < -0.3 is 22.4 Å². The molecule has 0 bridgehead atoms. The zero-order chi connectivity index (χ0) is 11.1. The molecule has 2 rings (SSSR count). The number of benzene rings is 1. The van der Waals surface area contributed by atoms with E-state index >= 15 is 0 Å². The Morgan fingerprint density at radius 1 is 1.07 bits per heavy atom. The third kappa shape index (κ3) is 1.86. The predicted octanol–water partition coefficient (Wildman–Crippen LogP) is 1.65. The highest BCUT2D eigenvalue weighted by Crippen LogP contribution is 2.32. The molecule has 1 aromatic carbocycles. The van der Waals surface area contributed by atoms with Gasteiger partial charge in [0.05, 0.1) is 0 Å². The van der Waals surface area contributed by atoms with Gasteiger partial charge in [0.15, 0.2) is 17.3 Å². The lowest BCUT2D eigenvalue weighted by atomic mass is 9.80. The van der Waals surface area contributed by atoms with E-state index in [1.807, 2.05) is 0 Å². The van der Waals surface area contributed by atoms with Crippen LogP contribution >= 0.6 is 0 Å². The van der Waals surface area contributed by atoms with E-state index in [1.54, 1.807) is 0 Å². The molecule has 0 aromatic heterocycles. The molecular weight excluding hydrogens is 215 g/mol. The van der Waals surface area contributed by atoms with Crippen LogP contribution in [-0.4, -0.2) is 20.2 Å². The van der Waals surface area contributed by atoms with Gasteiger partial charge >= 0.3 is 6.98 Å². The van der Waals surface area contributed by atoms with Crippen molar-refractivity contribution in [2.75, 3.05) is 13.2 Å². The van der Waals surface area contributed by atoms with Gasteiger partial charge in [0.1, 0.15) is 13.2 Å². The molecule has 0 saturated heterocycles. The van der Waals surface area contributed by atoms with Crippen molar-refractivity contribution in [3.63, 3.8) is 0 Å². The topological polar surface area (TPSA) is 18.5 Å². The van der Waals surface area contributed by atoms with Gasteiger partial charge in [-0.1, -0.05) is 0 Å². The van der Waals surface area contributed by atoms with E-state index in [4.69, 9.17) is 9.47 Å². The normalized spacial score (nSPS) is 15.2. The molecule has 1 heterocycles. The summed E-state index contributed by atoms with van der Waals surface area (Å²) < 4.78 is 59.9. The first kappa shape index (κ1) is 10.1. The summed E-state index contributed by atoms with van der Waals surface area (Å²) in [7, 11) is 0. The Morgan fingerprint density at radius 2 is 1.73 bits per heavy atom. The maximum atomic E-state index is 13.2. The third-order valence-corrected chi connectivity index (χ3v) is 2.00. The van der Waals surface area contributed by atoms with E-state index in [0.717, 1.165) is 6.07 Å². The molecule has 0 aliphatic carbocycles. The Balaban J connectivity index is 2.50. The SMILES string of the molecule is Fc1cc([B-](F)(F)F)cc2c1OCCO2. The van der Waals surface area contributed by atoms with Crippen LogP contribution in [-0.2, 0) is 0 Å². The van der Waals surface area contributed by atoms with Gasteiger partial charge in [0, 0.05) is 0 Å². The van der Waals surface area contributed by atoms with Crippen molar-refractivity contribution in [3.05, 3.63) is 17.9 Å². The molecule has 1 aliphatic rings. The zero-order valence-corrected chi connectivity index (χ0v) is 7.47. The van der Waals surface area contributed by atoms with Gasteiger partial charge in [0.25, 0.3) is 0 Å². The molecule has 82 valence electrons. The van der Waals surface area contributed by atoms with Crippen LogP contribution in [0.25, 0.3) is 0 Å². The minimum absolute atomic E-state index is 0.126. The second kappa shape index (κ2) is 3.32. The van der Waals surface area contributed by atoms with Crippen molar-refractivity contribution in [1.29, 1.82) is 0 Å². The largest absolute Gasteiger partial charge is 0.509 e. The second-order valence-electron chi connectivity index (χ2n) is 3.10. The van der Waals surface area contributed by atoms with Crippen LogP contribution in [0.5, 0.6) is 11.5 Å². The summed E-state index contributed by atoms with van der Waals surface area (Å²) in [5, 5.41) is 0. The molecule has 0 saturated carbocycles. The first-order valence-corrected chi connectivity index (χ1v) is 4.27. The maximum Gasteiger partial charge on any atom is 0.509 e. The van der Waals surface area contributed by atoms with Gasteiger partial charge in [-0.05, 0) is 12.1 Å². The molecule has 0 spiro atoms. The van der Waals surface area contributed by atoms with E-state index < -0.39 is 18.3 Å². The van der Waals surface area contributed by atoms with Crippen LogP contribution < -0.4 is 14.9 Å². The minimum Gasteiger partial charge on any atom is -0.486 e. The summed E-state index contributed by atoms with van der Waals surface area (Å²) >= 11 is 0. The molecule has 0 atom stereocenters. The Labute approximate surface area is 82.9 Å². The van der Waals surface area contributed by atoms with E-state index in [1.165, 1.54) is 0 Å². The lowest BCUT2D eigenvalue weighted by Gasteiger charge is -2.22. The molecule has 0 N–H and O–H groups in total. The van der Waals surface area contributed by atoms with Crippen LogP contribution in [0.2, 0.25) is 0 Å². The van der Waals surface area contributed by atoms with Crippen LogP contribution in [0.3, 0.4) is 0 Å². The van der Waals surface area contributed by atoms with Crippen LogP contribution in [0, 0.1) is 5.82 Å². The lowest BCUT2D eigenvalue weighted by Crippen LogP contribution is -2.35. The number of hydrogen-bond acceptors (Lipinski definition) is 2. The number of ether oxygens (including phenoxy) is 2. The fraction of sp³-hybridized carbons (Fsp3) is 0.250. The maximum absolute atomic E-state index is 13.2. The highest BCUT2D eigenvalue weighted by atomic mass is 19.4. The van der Waals surface area contributed by atoms with E-state index in [2.05, 4.69) is 0 Å². The minimum atomic E-state index is -5.22. The summed E-state index contributed by atoms with van der Waals surface area (Å²) in [6.45, 7) is -4.96. The quantitative estimate of drug-likeness (QED) is 0.530. The van der Waals surface area contributed by atoms with Crippen molar-refractivity contribution < 1.29 is 26.8 Å². The van der Waals surface area contributed by atoms with E-state index in [-0.39, 0.29) is 24.7 Å². The summed E-state index contributed by atoms with van der Waals surface area (Å²) in [6, 6.07) is 1.19. The third-order valence-electron chi connectivity index (χ3n) is 2.00. The van der Waals surface area contributed by atoms with Gasteiger partial charge in [-0.15, -0.1) is 5.46 Å². The van der Waals surface area contributed by atoms with Crippen molar-refractivity contribution in [3.8, 4) is 11.5 Å². The van der Waals surface area contributed by atoms with Crippen molar-refractivity contribution in [2.24, 2.45) is 0 Å². The molecule has 0 unspecified atom stereocenters. The van der Waals surface area contributed by atoms with Gasteiger partial charge in [-0.25, -0.2) is 4.39 Å². The highest BCUT2D eigenvalue weighted by molar-refractivity contribution is 6.73. The average Bonchev–Trinajstić information content (AvgIpc) is 2.16. The standard InChI is InChI=1S/C8H6BF4O2/c10-6-3-5(9(11,12)13)4-7-8(6)15-2-1-14-7/h3-4H,1-2H2/q-1. The molecule has 2 nitrogen and oxygen atoms in total. The van der Waals surface area contributed by atoms with Crippen molar-refractivity contribution in [1.82, 2.24) is 0 Å². The van der Waals surface area contributed by atoms with Crippen LogP contribution in [0.15, 0.2) is 12.1 Å². The highest BCUT2D eigenvalue weighted by Gasteiger charge is 2.29. The van der Waals surface area contributed by atoms with Crippen LogP contribution in [0.4, 0.5) is 17.3 Å². The smallest absolute Gasteiger partial charge is 0.486 e. The zero-order valence-electron chi connectivity index (χ0n) is 7.47. The van der Waals surface area contributed by atoms with Crippen molar-refractivity contribution in [2.45, 2.75) is 0 Å². The summed E-state index contributed by atoms with van der Waals surface area (Å²) in [5.41, 5.74) is -1.02. The molecule has 7 heteroatoms. The lowest BCUT2D eigenvalue weighted by molar-refractivity contribution is 0.164. The first-order valence-electron chi connectivity index (χ1n) is 4.27. The monoisotopic (exact) mass is 221 g/mol. The van der Waals surface area contributed by atoms with Crippen LogP contribution in [0.1, 0.15) is 0 Å². The molecular formula is C8H6BF4O2-. The van der Waals surface area contributed by atoms with Gasteiger partial charge in [-0.3, -0.25) is 0 Å². The summed E-state index contributed by atoms with van der Waals surface area (Å²) in [4.78, 5) is 0. The van der Waals surface area contributed by atoms with Gasteiger partial charge in [-0.2, -0.15) is 0 Å². The Hall–Kier alpha value is -1.40. The number of halogens is 4. The van der Waals surface area contributed by atoms with E-state index in [9.17, 15) is 17.3 Å². The molecule has 1 aromatic rings. The number of fused-ring (bicyclic) bond motifs is 1. The average molecular weight is 221 g/mol. The predicted molar refractivity (Wildman–Crippen MR) is 46.1 cm³/mol. The fourth-order valence-electron chi connectivity index (χ4n) is 1.32. The second-order valence-corrected chi connectivity index (χ2v) is 3.10. The summed E-state index contributed by atoms with van der Waals surface area (Å²) in [5.74, 6) is -1.47.